The third kappa shape index (κ3) is 5.41. The molecule has 0 spiro atoms. The van der Waals surface area contributed by atoms with Gasteiger partial charge in [0.05, 0.1) is 17.4 Å². The number of hydrogen-bond donors (Lipinski definition) is 1. The van der Waals surface area contributed by atoms with Crippen molar-refractivity contribution in [3.8, 4) is 0 Å². The average Bonchev–Trinajstić information content (AvgIpc) is 2.86. The van der Waals surface area contributed by atoms with Gasteiger partial charge in [0.15, 0.2) is 0 Å². The van der Waals surface area contributed by atoms with E-state index >= 15 is 0 Å². The minimum atomic E-state index is -0.407. The number of thiophene rings is 1. The van der Waals surface area contributed by atoms with Crippen LogP contribution in [0.25, 0.3) is 0 Å². The Morgan fingerprint density at radius 1 is 1.26 bits per heavy atom. The van der Waals surface area contributed by atoms with Gasteiger partial charge in [-0.1, -0.05) is 18.2 Å². The van der Waals surface area contributed by atoms with Gasteiger partial charge in [0, 0.05) is 9.77 Å². The van der Waals surface area contributed by atoms with Gasteiger partial charge in [-0.25, -0.2) is 4.79 Å². The van der Waals surface area contributed by atoms with Crippen molar-refractivity contribution >= 4 is 40.0 Å². The van der Waals surface area contributed by atoms with Crippen molar-refractivity contribution in [2.24, 2.45) is 0 Å². The fraction of sp³-hybridized carbons (Fsp3) is 0.294. The summed E-state index contributed by atoms with van der Waals surface area (Å²) in [6.07, 6.45) is -0.195. The van der Waals surface area contributed by atoms with Gasteiger partial charge in [-0.2, -0.15) is 0 Å². The number of ether oxygens (including phenoxy) is 1. The van der Waals surface area contributed by atoms with Crippen LogP contribution in [0.4, 0.5) is 5.00 Å². The Morgan fingerprint density at radius 2 is 1.96 bits per heavy atom. The summed E-state index contributed by atoms with van der Waals surface area (Å²) in [7, 11) is 0. The normalized spacial score (nSPS) is 10.6. The van der Waals surface area contributed by atoms with Crippen LogP contribution >= 0.6 is 23.1 Å². The largest absolute Gasteiger partial charge is 0.459 e. The molecule has 23 heavy (non-hydrogen) atoms. The Morgan fingerprint density at radius 3 is 2.61 bits per heavy atom. The molecule has 0 unspecified atom stereocenters. The van der Waals surface area contributed by atoms with E-state index in [0.717, 1.165) is 9.77 Å². The highest BCUT2D eigenvalue weighted by Crippen LogP contribution is 2.29. The summed E-state index contributed by atoms with van der Waals surface area (Å²) in [5.41, 5.74) is 0.416. The van der Waals surface area contributed by atoms with E-state index in [0.29, 0.717) is 16.3 Å². The summed E-state index contributed by atoms with van der Waals surface area (Å²) in [5, 5.41) is 3.36. The molecule has 1 N–H and O–H groups in total. The lowest BCUT2D eigenvalue weighted by molar-refractivity contribution is -0.113. The first-order valence-electron chi connectivity index (χ1n) is 7.25. The van der Waals surface area contributed by atoms with Crippen molar-refractivity contribution in [2.75, 3.05) is 11.1 Å². The summed E-state index contributed by atoms with van der Waals surface area (Å²) in [5.74, 6) is -0.255. The fourth-order valence-corrected chi connectivity index (χ4v) is 3.50. The average molecular weight is 349 g/mol. The molecule has 122 valence electrons. The van der Waals surface area contributed by atoms with Crippen LogP contribution in [0.15, 0.2) is 41.3 Å². The third-order valence-corrected chi connectivity index (χ3v) is 4.76. The number of anilines is 1. The molecule has 1 aromatic carbocycles. The molecule has 4 nitrogen and oxygen atoms in total. The maximum atomic E-state index is 12.1. The molecule has 1 amide bonds. The summed E-state index contributed by atoms with van der Waals surface area (Å²) in [6.45, 7) is 5.49. The summed E-state index contributed by atoms with van der Waals surface area (Å²) in [6, 6.07) is 11.5. The van der Waals surface area contributed by atoms with E-state index in [1.165, 1.54) is 23.1 Å². The first-order chi connectivity index (χ1) is 11.0. The van der Waals surface area contributed by atoms with Gasteiger partial charge in [-0.05, 0) is 39.0 Å². The number of hydrogen-bond acceptors (Lipinski definition) is 5. The minimum absolute atomic E-state index is 0.140. The van der Waals surface area contributed by atoms with Gasteiger partial charge < -0.3 is 10.1 Å². The second-order valence-corrected chi connectivity index (χ2v) is 7.51. The molecule has 2 aromatic rings. The standard InChI is InChI=1S/C17H19NO3S2/c1-11(2)21-17(20)14-9-12(3)23-16(14)18-15(19)10-22-13-7-5-4-6-8-13/h4-9,11H,10H2,1-3H3,(H,18,19). The fourth-order valence-electron chi connectivity index (χ4n) is 1.86. The van der Waals surface area contributed by atoms with Crippen molar-refractivity contribution in [2.45, 2.75) is 31.8 Å². The minimum Gasteiger partial charge on any atom is -0.459 e. The first kappa shape index (κ1) is 17.6. The van der Waals surface area contributed by atoms with Gasteiger partial charge in [0.1, 0.15) is 5.00 Å². The lowest BCUT2D eigenvalue weighted by Crippen LogP contribution is -2.17. The van der Waals surface area contributed by atoms with E-state index < -0.39 is 5.97 Å². The molecule has 0 aliphatic carbocycles. The summed E-state index contributed by atoms with van der Waals surface area (Å²) in [4.78, 5) is 26.2. The molecule has 1 heterocycles. The van der Waals surface area contributed by atoms with E-state index in [2.05, 4.69) is 5.32 Å². The molecule has 0 atom stereocenters. The van der Waals surface area contributed by atoms with Crippen molar-refractivity contribution in [3.05, 3.63) is 46.8 Å². The quantitative estimate of drug-likeness (QED) is 0.622. The Bertz CT molecular complexity index is 680. The topological polar surface area (TPSA) is 55.4 Å². The SMILES string of the molecule is Cc1cc(C(=O)OC(C)C)c(NC(=O)CSc2ccccc2)s1. The molecule has 6 heteroatoms. The van der Waals surface area contributed by atoms with E-state index in [9.17, 15) is 9.59 Å². The highest BCUT2D eigenvalue weighted by Gasteiger charge is 2.19. The van der Waals surface area contributed by atoms with Gasteiger partial charge in [-0.15, -0.1) is 23.1 Å². The number of carbonyl (C=O) groups is 2. The molecular weight excluding hydrogens is 330 g/mol. The zero-order valence-electron chi connectivity index (χ0n) is 13.3. The summed E-state index contributed by atoms with van der Waals surface area (Å²) >= 11 is 2.83. The maximum Gasteiger partial charge on any atom is 0.341 e. The van der Waals surface area contributed by atoms with Crippen LogP contribution in [0.5, 0.6) is 0 Å². The van der Waals surface area contributed by atoms with Crippen molar-refractivity contribution < 1.29 is 14.3 Å². The number of benzene rings is 1. The van der Waals surface area contributed by atoms with Crippen LogP contribution in [0.3, 0.4) is 0 Å². The molecule has 0 saturated heterocycles. The highest BCUT2D eigenvalue weighted by atomic mass is 32.2. The molecule has 1 aromatic heterocycles. The second-order valence-electron chi connectivity index (χ2n) is 5.20. The number of thioether (sulfide) groups is 1. The zero-order valence-corrected chi connectivity index (χ0v) is 14.9. The molecule has 0 aliphatic rings. The molecule has 0 radical (unpaired) electrons. The molecule has 0 saturated carbocycles. The van der Waals surface area contributed by atoms with Crippen LogP contribution in [-0.2, 0) is 9.53 Å². The Labute approximate surface area is 144 Å². The lowest BCUT2D eigenvalue weighted by atomic mass is 10.3. The number of esters is 1. The van der Waals surface area contributed by atoms with Crippen LogP contribution in [0.1, 0.15) is 29.1 Å². The molecule has 2 rings (SSSR count). The number of amides is 1. The second kappa shape index (κ2) is 8.17. The van der Waals surface area contributed by atoms with Crippen molar-refractivity contribution in [1.29, 1.82) is 0 Å². The summed E-state index contributed by atoms with van der Waals surface area (Å²) < 4.78 is 5.21. The van der Waals surface area contributed by atoms with Crippen molar-refractivity contribution in [1.82, 2.24) is 0 Å². The first-order valence-corrected chi connectivity index (χ1v) is 9.05. The van der Waals surface area contributed by atoms with Gasteiger partial charge in [0.2, 0.25) is 5.91 Å². The van der Waals surface area contributed by atoms with Crippen molar-refractivity contribution in [3.63, 3.8) is 0 Å². The van der Waals surface area contributed by atoms with E-state index in [1.807, 2.05) is 37.3 Å². The number of carbonyl (C=O) groups excluding carboxylic acids is 2. The van der Waals surface area contributed by atoms with E-state index in [4.69, 9.17) is 4.74 Å². The van der Waals surface area contributed by atoms with Crippen LogP contribution in [0, 0.1) is 6.92 Å². The molecule has 0 bridgehead atoms. The van der Waals surface area contributed by atoms with Crippen LogP contribution in [0.2, 0.25) is 0 Å². The predicted octanol–water partition coefficient (Wildman–Crippen LogP) is 4.35. The van der Waals surface area contributed by atoms with E-state index in [1.54, 1.807) is 19.9 Å². The Kier molecular flexibility index (Phi) is 6.24. The van der Waals surface area contributed by atoms with Gasteiger partial charge >= 0.3 is 5.97 Å². The monoisotopic (exact) mass is 349 g/mol. The lowest BCUT2D eigenvalue weighted by Gasteiger charge is -2.09. The van der Waals surface area contributed by atoms with E-state index in [-0.39, 0.29) is 12.0 Å². The van der Waals surface area contributed by atoms with Crippen LogP contribution < -0.4 is 5.32 Å². The maximum absolute atomic E-state index is 12.1. The predicted molar refractivity (Wildman–Crippen MR) is 95.4 cm³/mol. The number of nitrogens with one attached hydrogen (secondary N) is 1. The van der Waals surface area contributed by atoms with Gasteiger partial charge in [-0.3, -0.25) is 4.79 Å². The number of aryl methyl sites for hydroxylation is 1. The highest BCUT2D eigenvalue weighted by molar-refractivity contribution is 8.00. The Hall–Kier alpha value is -1.79. The Balaban J connectivity index is 1.99. The molecular formula is C17H19NO3S2. The molecule has 0 aliphatic heterocycles. The smallest absolute Gasteiger partial charge is 0.341 e. The zero-order chi connectivity index (χ0) is 16.8. The molecule has 0 fully saturated rings. The third-order valence-electron chi connectivity index (χ3n) is 2.78. The van der Waals surface area contributed by atoms with Gasteiger partial charge in [0.25, 0.3) is 0 Å². The van der Waals surface area contributed by atoms with Crippen LogP contribution in [-0.4, -0.2) is 23.7 Å². The number of rotatable bonds is 6.